The van der Waals surface area contributed by atoms with Gasteiger partial charge in [0.1, 0.15) is 6.61 Å². The second-order valence-electron chi connectivity index (χ2n) is 9.13. The van der Waals surface area contributed by atoms with E-state index in [4.69, 9.17) is 9.47 Å². The molecule has 4 aromatic rings. The normalized spacial score (nSPS) is 13.6. The minimum Gasteiger partial charge on any atom is -0.493 e. The molecule has 2 aromatic heterocycles. The van der Waals surface area contributed by atoms with Crippen molar-refractivity contribution in [3.63, 3.8) is 0 Å². The van der Waals surface area contributed by atoms with Crippen molar-refractivity contribution in [3.05, 3.63) is 100 Å². The number of aromatic nitrogens is 2. The zero-order chi connectivity index (χ0) is 24.7. The van der Waals surface area contributed by atoms with Gasteiger partial charge in [0.15, 0.2) is 11.5 Å². The summed E-state index contributed by atoms with van der Waals surface area (Å²) in [7, 11) is 1.65. The largest absolute Gasteiger partial charge is 0.493 e. The van der Waals surface area contributed by atoms with Crippen molar-refractivity contribution in [2.24, 2.45) is 0 Å². The Hall–Kier alpha value is -3.58. The van der Waals surface area contributed by atoms with E-state index in [1.807, 2.05) is 75.8 Å². The van der Waals surface area contributed by atoms with Gasteiger partial charge in [-0.05, 0) is 65.7 Å². The van der Waals surface area contributed by atoms with Gasteiger partial charge in [-0.2, -0.15) is 5.10 Å². The summed E-state index contributed by atoms with van der Waals surface area (Å²) >= 11 is 1.67. The van der Waals surface area contributed by atoms with Gasteiger partial charge in [0.2, 0.25) is 0 Å². The highest BCUT2D eigenvalue weighted by molar-refractivity contribution is 7.09. The first kappa shape index (κ1) is 24.1. The molecule has 6 nitrogen and oxygen atoms in total. The molecule has 0 atom stereocenters. The average Bonchev–Trinajstić information content (AvgIpc) is 3.70. The Kier molecular flexibility index (Phi) is 7.67. The summed E-state index contributed by atoms with van der Waals surface area (Å²) in [6.07, 6.45) is 8.09. The van der Waals surface area contributed by atoms with Crippen molar-refractivity contribution < 1.29 is 14.3 Å². The Bertz CT molecular complexity index is 1260. The van der Waals surface area contributed by atoms with E-state index in [-0.39, 0.29) is 11.9 Å². The number of methoxy groups -OCH3 is 1. The third-order valence-electron chi connectivity index (χ3n) is 6.64. The Morgan fingerprint density at radius 3 is 2.69 bits per heavy atom. The van der Waals surface area contributed by atoms with Crippen molar-refractivity contribution in [1.29, 1.82) is 0 Å². The standard InChI is InChI=1S/C29H31N3O3S/c1-34-27-13-12-23(18-28(27)35-21-26-11-5-16-36-26)20-32(25-9-2-3-10-25)29(33)24-8-4-7-22(17-24)19-31-15-6-14-30-31/h4-8,11-18,25H,2-3,9-10,19-21H2,1H3. The molecule has 1 aliphatic rings. The molecule has 1 amide bonds. The lowest BCUT2D eigenvalue weighted by Gasteiger charge is -2.30. The van der Waals surface area contributed by atoms with Gasteiger partial charge in [0.05, 0.1) is 13.7 Å². The van der Waals surface area contributed by atoms with Crippen LogP contribution in [0.1, 0.15) is 52.0 Å². The Morgan fingerprint density at radius 2 is 1.94 bits per heavy atom. The van der Waals surface area contributed by atoms with Gasteiger partial charge >= 0.3 is 0 Å². The van der Waals surface area contributed by atoms with E-state index in [0.29, 0.717) is 36.8 Å². The molecule has 0 saturated heterocycles. The molecule has 2 aromatic carbocycles. The molecule has 1 saturated carbocycles. The van der Waals surface area contributed by atoms with Crippen molar-refractivity contribution in [2.45, 2.75) is 51.4 Å². The SMILES string of the molecule is COc1ccc(CN(C(=O)c2cccc(Cn3cccn3)c2)C2CCCC2)cc1OCc1cccs1. The Balaban J connectivity index is 1.37. The first-order chi connectivity index (χ1) is 17.7. The van der Waals surface area contributed by atoms with Crippen LogP contribution >= 0.6 is 11.3 Å². The topological polar surface area (TPSA) is 56.6 Å². The smallest absolute Gasteiger partial charge is 0.254 e. The second kappa shape index (κ2) is 11.4. The van der Waals surface area contributed by atoms with Gasteiger partial charge < -0.3 is 14.4 Å². The predicted octanol–water partition coefficient (Wildman–Crippen LogP) is 6.17. The molecule has 0 radical (unpaired) electrons. The lowest BCUT2D eigenvalue weighted by atomic mass is 10.1. The van der Waals surface area contributed by atoms with Crippen LogP contribution in [-0.4, -0.2) is 33.7 Å². The number of hydrogen-bond acceptors (Lipinski definition) is 5. The van der Waals surface area contributed by atoms with Gasteiger partial charge in [-0.25, -0.2) is 0 Å². The molecule has 0 spiro atoms. The summed E-state index contributed by atoms with van der Waals surface area (Å²) in [5.41, 5.74) is 2.81. The second-order valence-corrected chi connectivity index (χ2v) is 10.2. The maximum atomic E-state index is 13.8. The zero-order valence-corrected chi connectivity index (χ0v) is 21.3. The molecule has 36 heavy (non-hydrogen) atoms. The van der Waals surface area contributed by atoms with Crippen molar-refractivity contribution in [1.82, 2.24) is 14.7 Å². The summed E-state index contributed by atoms with van der Waals surface area (Å²) in [6, 6.07) is 20.1. The lowest BCUT2D eigenvalue weighted by molar-refractivity contribution is 0.0664. The molecule has 186 valence electrons. The minimum absolute atomic E-state index is 0.0705. The third-order valence-corrected chi connectivity index (χ3v) is 7.48. The highest BCUT2D eigenvalue weighted by Gasteiger charge is 2.28. The van der Waals surface area contributed by atoms with Crippen LogP contribution in [-0.2, 0) is 19.7 Å². The van der Waals surface area contributed by atoms with E-state index < -0.39 is 0 Å². The number of carbonyl (C=O) groups excluding carboxylic acids is 1. The summed E-state index contributed by atoms with van der Waals surface area (Å²) in [5, 5.41) is 6.34. The molecule has 2 heterocycles. The maximum Gasteiger partial charge on any atom is 0.254 e. The van der Waals surface area contributed by atoms with E-state index in [2.05, 4.69) is 11.2 Å². The molecule has 7 heteroatoms. The first-order valence-corrected chi connectivity index (χ1v) is 13.3. The van der Waals surface area contributed by atoms with Gasteiger partial charge in [-0.1, -0.05) is 37.1 Å². The first-order valence-electron chi connectivity index (χ1n) is 12.4. The van der Waals surface area contributed by atoms with Crippen LogP contribution in [0, 0.1) is 0 Å². The zero-order valence-electron chi connectivity index (χ0n) is 20.5. The van der Waals surface area contributed by atoms with Crippen molar-refractivity contribution in [3.8, 4) is 11.5 Å². The Labute approximate surface area is 216 Å². The van der Waals surface area contributed by atoms with Gasteiger partial charge in [0.25, 0.3) is 5.91 Å². The van der Waals surface area contributed by atoms with Crippen LogP contribution in [0.2, 0.25) is 0 Å². The number of hydrogen-bond donors (Lipinski definition) is 0. The third kappa shape index (κ3) is 5.79. The summed E-state index contributed by atoms with van der Waals surface area (Å²) in [6.45, 7) is 1.67. The molecule has 0 unspecified atom stereocenters. The number of nitrogens with zero attached hydrogens (tertiary/aromatic N) is 3. The number of ether oxygens (including phenoxy) is 2. The Morgan fingerprint density at radius 1 is 1.06 bits per heavy atom. The number of benzene rings is 2. The number of thiophene rings is 1. The van der Waals surface area contributed by atoms with E-state index in [1.165, 1.54) is 0 Å². The van der Waals surface area contributed by atoms with Gasteiger partial charge in [-0.3, -0.25) is 9.48 Å². The van der Waals surface area contributed by atoms with Gasteiger partial charge in [-0.15, -0.1) is 11.3 Å². The van der Waals surface area contributed by atoms with Crippen LogP contribution in [0.3, 0.4) is 0 Å². The van der Waals surface area contributed by atoms with E-state index >= 15 is 0 Å². The van der Waals surface area contributed by atoms with Crippen LogP contribution in [0.15, 0.2) is 78.4 Å². The van der Waals surface area contributed by atoms with E-state index in [9.17, 15) is 4.79 Å². The molecular weight excluding hydrogens is 470 g/mol. The maximum absolute atomic E-state index is 13.8. The monoisotopic (exact) mass is 501 g/mol. The summed E-state index contributed by atoms with van der Waals surface area (Å²) in [4.78, 5) is 17.0. The molecule has 0 aliphatic heterocycles. The van der Waals surface area contributed by atoms with Crippen molar-refractivity contribution >= 4 is 17.2 Å². The highest BCUT2D eigenvalue weighted by atomic mass is 32.1. The number of amides is 1. The van der Waals surface area contributed by atoms with Crippen molar-refractivity contribution in [2.75, 3.05) is 7.11 Å². The van der Waals surface area contributed by atoms with Crippen LogP contribution < -0.4 is 9.47 Å². The molecule has 1 aliphatic carbocycles. The van der Waals surface area contributed by atoms with Crippen LogP contribution in [0.25, 0.3) is 0 Å². The average molecular weight is 502 g/mol. The molecule has 0 N–H and O–H groups in total. The molecule has 0 bridgehead atoms. The number of carbonyl (C=O) groups is 1. The van der Waals surface area contributed by atoms with Crippen LogP contribution in [0.5, 0.6) is 11.5 Å². The fourth-order valence-electron chi connectivity index (χ4n) is 4.80. The molecular formula is C29H31N3O3S. The molecule has 5 rings (SSSR count). The lowest BCUT2D eigenvalue weighted by Crippen LogP contribution is -2.38. The summed E-state index contributed by atoms with van der Waals surface area (Å²) in [5.74, 6) is 1.46. The van der Waals surface area contributed by atoms with Crippen LogP contribution in [0.4, 0.5) is 0 Å². The summed E-state index contributed by atoms with van der Waals surface area (Å²) < 4.78 is 13.5. The predicted molar refractivity (Wildman–Crippen MR) is 142 cm³/mol. The van der Waals surface area contributed by atoms with Gasteiger partial charge in [0, 0.05) is 35.4 Å². The fraction of sp³-hybridized carbons (Fsp3) is 0.310. The number of rotatable bonds is 10. The fourth-order valence-corrected chi connectivity index (χ4v) is 5.42. The highest BCUT2D eigenvalue weighted by Crippen LogP contribution is 2.32. The minimum atomic E-state index is 0.0705. The quantitative estimate of drug-likeness (QED) is 0.261. The van der Waals surface area contributed by atoms with E-state index in [0.717, 1.165) is 41.7 Å². The molecule has 1 fully saturated rings. The van der Waals surface area contributed by atoms with E-state index in [1.54, 1.807) is 24.6 Å².